The number of carbonyl (C=O) groups excluding carboxylic acids is 2. The van der Waals surface area contributed by atoms with Gasteiger partial charge in [0.15, 0.2) is 0 Å². The lowest BCUT2D eigenvalue weighted by molar-refractivity contribution is -0.139. The number of ether oxygens (including phenoxy) is 1. The first-order valence-corrected chi connectivity index (χ1v) is 6.21. The van der Waals surface area contributed by atoms with Crippen molar-refractivity contribution >= 4 is 11.9 Å². The molecule has 1 fully saturated rings. The van der Waals surface area contributed by atoms with Crippen LogP contribution in [0.4, 0.5) is 0 Å². The first kappa shape index (κ1) is 14.0. The fourth-order valence-electron chi connectivity index (χ4n) is 1.66. The van der Waals surface area contributed by atoms with Gasteiger partial charge in [0.25, 0.3) is 0 Å². The summed E-state index contributed by atoms with van der Waals surface area (Å²) in [5.41, 5.74) is 0. The number of cyclic esters (lactones) is 1. The molecule has 0 bridgehead atoms. The molecule has 0 radical (unpaired) electrons. The Kier molecular flexibility index (Phi) is 5.41. The summed E-state index contributed by atoms with van der Waals surface area (Å²) in [5.74, 6) is 0.251. The molecule has 98 valence electrons. The Hall–Kier alpha value is -1.10. The number of hydrogen-bond acceptors (Lipinski definition) is 4. The fourth-order valence-corrected chi connectivity index (χ4v) is 1.66. The number of amides is 1. The molecule has 0 aromatic carbocycles. The van der Waals surface area contributed by atoms with Gasteiger partial charge in [-0.15, -0.1) is 0 Å². The van der Waals surface area contributed by atoms with E-state index in [1.54, 1.807) is 6.92 Å². The van der Waals surface area contributed by atoms with Gasteiger partial charge in [-0.3, -0.25) is 14.9 Å². The molecule has 0 saturated carbocycles. The maximum Gasteiger partial charge on any atom is 0.323 e. The molecular weight excluding hydrogens is 220 g/mol. The summed E-state index contributed by atoms with van der Waals surface area (Å²) in [6.45, 7) is 7.11. The number of hydrogen-bond donors (Lipinski definition) is 2. The highest BCUT2D eigenvalue weighted by molar-refractivity contribution is 5.83. The van der Waals surface area contributed by atoms with Crippen molar-refractivity contribution in [1.82, 2.24) is 10.6 Å². The summed E-state index contributed by atoms with van der Waals surface area (Å²) in [4.78, 5) is 22.9. The minimum absolute atomic E-state index is 0.0645. The fraction of sp³-hybridized carbons (Fsp3) is 0.833. The largest absolute Gasteiger partial charge is 0.464 e. The Morgan fingerprint density at radius 1 is 1.47 bits per heavy atom. The van der Waals surface area contributed by atoms with Crippen LogP contribution in [0.25, 0.3) is 0 Å². The number of carbonyl (C=O) groups is 2. The van der Waals surface area contributed by atoms with Crippen LogP contribution in [0, 0.1) is 5.92 Å². The molecule has 5 heteroatoms. The number of rotatable bonds is 6. The van der Waals surface area contributed by atoms with Crippen LogP contribution >= 0.6 is 0 Å². The Balaban J connectivity index is 2.24. The zero-order valence-corrected chi connectivity index (χ0v) is 10.8. The quantitative estimate of drug-likeness (QED) is 0.663. The van der Waals surface area contributed by atoms with Gasteiger partial charge in [-0.1, -0.05) is 13.8 Å². The zero-order valence-electron chi connectivity index (χ0n) is 10.8. The third kappa shape index (κ3) is 4.73. The van der Waals surface area contributed by atoms with E-state index in [-0.39, 0.29) is 24.0 Å². The summed E-state index contributed by atoms with van der Waals surface area (Å²) in [5, 5.41) is 5.83. The molecule has 1 aliphatic heterocycles. The van der Waals surface area contributed by atoms with Crippen molar-refractivity contribution in [2.45, 2.75) is 45.7 Å². The highest BCUT2D eigenvalue weighted by Gasteiger charge is 2.29. The van der Waals surface area contributed by atoms with Crippen LogP contribution in [-0.2, 0) is 14.3 Å². The Morgan fingerprint density at radius 3 is 2.71 bits per heavy atom. The lowest BCUT2D eigenvalue weighted by Crippen LogP contribution is -2.48. The van der Waals surface area contributed by atoms with Crippen LogP contribution in [-0.4, -0.2) is 37.1 Å². The second-order valence-corrected chi connectivity index (χ2v) is 4.87. The smallest absolute Gasteiger partial charge is 0.323 e. The van der Waals surface area contributed by atoms with Gasteiger partial charge in [0.1, 0.15) is 6.04 Å². The van der Waals surface area contributed by atoms with E-state index in [1.165, 1.54) is 0 Å². The first-order valence-electron chi connectivity index (χ1n) is 6.21. The van der Waals surface area contributed by atoms with Gasteiger partial charge in [-0.05, 0) is 19.3 Å². The molecule has 1 amide bonds. The lowest BCUT2D eigenvalue weighted by Gasteiger charge is -2.16. The topological polar surface area (TPSA) is 67.4 Å². The minimum atomic E-state index is -0.363. The van der Waals surface area contributed by atoms with Gasteiger partial charge in [0.05, 0.1) is 12.6 Å². The van der Waals surface area contributed by atoms with Crippen molar-refractivity contribution in [1.29, 1.82) is 0 Å². The van der Waals surface area contributed by atoms with Gasteiger partial charge < -0.3 is 10.1 Å². The summed E-state index contributed by atoms with van der Waals surface area (Å²) in [6, 6.07) is -0.696. The minimum Gasteiger partial charge on any atom is -0.464 e. The highest BCUT2D eigenvalue weighted by atomic mass is 16.5. The molecule has 1 heterocycles. The van der Waals surface area contributed by atoms with Gasteiger partial charge in [-0.25, -0.2) is 0 Å². The van der Waals surface area contributed by atoms with E-state index in [2.05, 4.69) is 24.5 Å². The van der Waals surface area contributed by atoms with Gasteiger partial charge >= 0.3 is 5.97 Å². The highest BCUT2D eigenvalue weighted by Crippen LogP contribution is 2.06. The van der Waals surface area contributed by atoms with Crippen molar-refractivity contribution in [2.24, 2.45) is 5.92 Å². The normalized spacial score (nSPS) is 21.4. The second kappa shape index (κ2) is 6.59. The van der Waals surface area contributed by atoms with E-state index in [4.69, 9.17) is 4.74 Å². The molecule has 17 heavy (non-hydrogen) atoms. The molecule has 5 nitrogen and oxygen atoms in total. The molecule has 1 rings (SSSR count). The van der Waals surface area contributed by atoms with E-state index in [0.29, 0.717) is 25.5 Å². The Morgan fingerprint density at radius 2 is 2.18 bits per heavy atom. The third-order valence-corrected chi connectivity index (χ3v) is 2.80. The second-order valence-electron chi connectivity index (χ2n) is 4.87. The molecule has 0 aliphatic carbocycles. The number of esters is 1. The summed E-state index contributed by atoms with van der Waals surface area (Å²) < 4.78 is 4.83. The van der Waals surface area contributed by atoms with Gasteiger partial charge in [0.2, 0.25) is 5.91 Å². The average Bonchev–Trinajstić information content (AvgIpc) is 2.63. The lowest BCUT2D eigenvalue weighted by atomic mass is 10.1. The number of nitrogens with one attached hydrogen (secondary N) is 2. The van der Waals surface area contributed by atoms with E-state index in [0.717, 1.165) is 6.42 Å². The molecule has 2 N–H and O–H groups in total. The van der Waals surface area contributed by atoms with Gasteiger partial charge in [-0.2, -0.15) is 0 Å². The van der Waals surface area contributed by atoms with Crippen LogP contribution in [0.15, 0.2) is 0 Å². The summed E-state index contributed by atoms with van der Waals surface area (Å²) in [6.07, 6.45) is 1.60. The molecular formula is C12H22N2O3. The molecule has 2 atom stereocenters. The Bertz CT molecular complexity index is 279. The monoisotopic (exact) mass is 242 g/mol. The molecule has 0 spiro atoms. The van der Waals surface area contributed by atoms with Crippen molar-refractivity contribution in [3.05, 3.63) is 0 Å². The maximum atomic E-state index is 11.7. The van der Waals surface area contributed by atoms with E-state index in [9.17, 15) is 9.59 Å². The summed E-state index contributed by atoms with van der Waals surface area (Å²) >= 11 is 0. The average molecular weight is 242 g/mol. The molecule has 0 aromatic heterocycles. The maximum absolute atomic E-state index is 11.7. The standard InChI is InChI=1S/C12H22N2O3/c1-8(2)4-6-13-11(15)9(3)14-10-5-7-17-12(10)16/h8-10,14H,4-7H2,1-3H3,(H,13,15). The van der Waals surface area contributed by atoms with Crippen molar-refractivity contribution in [3.8, 4) is 0 Å². The predicted octanol–water partition coefficient (Wildman–Crippen LogP) is 0.442. The van der Waals surface area contributed by atoms with Crippen LogP contribution in [0.5, 0.6) is 0 Å². The summed E-state index contributed by atoms with van der Waals surface area (Å²) in [7, 11) is 0. The van der Waals surface area contributed by atoms with E-state index < -0.39 is 0 Å². The molecule has 0 aromatic rings. The van der Waals surface area contributed by atoms with Crippen molar-refractivity contribution in [3.63, 3.8) is 0 Å². The Labute approximate surface area is 102 Å². The zero-order chi connectivity index (χ0) is 12.8. The SMILES string of the molecule is CC(C)CCNC(=O)C(C)NC1CCOC1=O. The predicted molar refractivity (Wildman–Crippen MR) is 64.4 cm³/mol. The third-order valence-electron chi connectivity index (χ3n) is 2.80. The van der Waals surface area contributed by atoms with Crippen LogP contribution in [0.2, 0.25) is 0 Å². The van der Waals surface area contributed by atoms with E-state index in [1.807, 2.05) is 0 Å². The molecule has 1 aliphatic rings. The van der Waals surface area contributed by atoms with Crippen LogP contribution < -0.4 is 10.6 Å². The van der Waals surface area contributed by atoms with E-state index >= 15 is 0 Å². The molecule has 2 unspecified atom stereocenters. The van der Waals surface area contributed by atoms with Crippen molar-refractivity contribution in [2.75, 3.05) is 13.2 Å². The molecule has 1 saturated heterocycles. The van der Waals surface area contributed by atoms with Crippen molar-refractivity contribution < 1.29 is 14.3 Å². The first-order chi connectivity index (χ1) is 8.00. The van der Waals surface area contributed by atoms with Crippen LogP contribution in [0.1, 0.15) is 33.6 Å². The van der Waals surface area contributed by atoms with Gasteiger partial charge in [0, 0.05) is 13.0 Å². The van der Waals surface area contributed by atoms with Crippen LogP contribution in [0.3, 0.4) is 0 Å².